The molecule has 4 heteroatoms. The molecule has 0 spiro atoms. The molecule has 1 aromatic heterocycles. The van der Waals surface area contributed by atoms with Crippen molar-refractivity contribution in [2.45, 2.75) is 25.8 Å². The predicted octanol–water partition coefficient (Wildman–Crippen LogP) is 4.88. The van der Waals surface area contributed by atoms with Crippen LogP contribution in [0.2, 0.25) is 0 Å². The van der Waals surface area contributed by atoms with E-state index in [1.165, 1.54) is 12.8 Å². The van der Waals surface area contributed by atoms with Gasteiger partial charge in [-0.25, -0.2) is 4.98 Å². The number of para-hydroxylation sites is 1. The lowest BCUT2D eigenvalue weighted by atomic mass is 10.1. The zero-order chi connectivity index (χ0) is 17.1. The van der Waals surface area contributed by atoms with E-state index in [4.69, 9.17) is 9.97 Å². The molecule has 0 atom stereocenters. The van der Waals surface area contributed by atoms with Gasteiger partial charge in [0.1, 0.15) is 5.82 Å². The molecule has 2 aromatic carbocycles. The average Bonchev–Trinajstić information content (AvgIpc) is 3.48. The van der Waals surface area contributed by atoms with E-state index in [1.807, 2.05) is 24.3 Å². The van der Waals surface area contributed by atoms with Crippen LogP contribution >= 0.6 is 0 Å². The maximum atomic E-state index is 4.79. The van der Waals surface area contributed by atoms with Crippen molar-refractivity contribution in [1.29, 1.82) is 0 Å². The van der Waals surface area contributed by atoms with Crippen LogP contribution in [0.25, 0.3) is 11.3 Å². The standard InChI is InChI=1S/C21H22N4/c1-2-25(18-11-7-4-8-12-18)20-15-19(16-9-5-3-6-10-16)23-21(24-20)22-17-13-14-17/h3-12,15,17H,2,13-14H2,1H3,(H,22,23,24). The zero-order valence-corrected chi connectivity index (χ0v) is 14.4. The molecule has 0 amide bonds. The monoisotopic (exact) mass is 330 g/mol. The number of nitrogens with one attached hydrogen (secondary N) is 1. The molecule has 25 heavy (non-hydrogen) atoms. The molecular formula is C21H22N4. The average molecular weight is 330 g/mol. The minimum absolute atomic E-state index is 0.519. The van der Waals surface area contributed by atoms with Gasteiger partial charge < -0.3 is 10.2 Å². The molecule has 4 nitrogen and oxygen atoms in total. The Labute approximate surface area is 148 Å². The van der Waals surface area contributed by atoms with E-state index < -0.39 is 0 Å². The lowest BCUT2D eigenvalue weighted by molar-refractivity contribution is 0.967. The van der Waals surface area contributed by atoms with Gasteiger partial charge in [0.2, 0.25) is 5.95 Å². The SMILES string of the molecule is CCN(c1ccccc1)c1cc(-c2ccccc2)nc(NC2CC2)n1. The quantitative estimate of drug-likeness (QED) is 0.699. The maximum Gasteiger partial charge on any atom is 0.225 e. The summed E-state index contributed by atoms with van der Waals surface area (Å²) in [7, 11) is 0. The van der Waals surface area contributed by atoms with E-state index in [1.54, 1.807) is 0 Å². The molecule has 1 fully saturated rings. The Balaban J connectivity index is 1.77. The van der Waals surface area contributed by atoms with Gasteiger partial charge in [0.25, 0.3) is 0 Å². The van der Waals surface area contributed by atoms with Crippen LogP contribution in [0.15, 0.2) is 66.7 Å². The third-order valence-electron chi connectivity index (χ3n) is 4.35. The van der Waals surface area contributed by atoms with Gasteiger partial charge in [-0.2, -0.15) is 4.98 Å². The van der Waals surface area contributed by atoms with E-state index in [2.05, 4.69) is 59.6 Å². The van der Waals surface area contributed by atoms with Gasteiger partial charge in [0.05, 0.1) is 5.69 Å². The number of hydrogen-bond acceptors (Lipinski definition) is 4. The summed E-state index contributed by atoms with van der Waals surface area (Å²) in [6.07, 6.45) is 2.40. The molecule has 1 aliphatic rings. The van der Waals surface area contributed by atoms with Crippen LogP contribution in [0, 0.1) is 0 Å². The predicted molar refractivity (Wildman–Crippen MR) is 103 cm³/mol. The van der Waals surface area contributed by atoms with Crippen LogP contribution < -0.4 is 10.2 Å². The fourth-order valence-electron chi connectivity index (χ4n) is 2.89. The number of benzene rings is 2. The first-order valence-electron chi connectivity index (χ1n) is 8.87. The Morgan fingerprint density at radius 2 is 1.64 bits per heavy atom. The normalized spacial score (nSPS) is 13.5. The van der Waals surface area contributed by atoms with Crippen molar-refractivity contribution >= 4 is 17.5 Å². The van der Waals surface area contributed by atoms with Crippen molar-refractivity contribution in [2.24, 2.45) is 0 Å². The van der Waals surface area contributed by atoms with Gasteiger partial charge in [-0.05, 0) is 31.9 Å². The van der Waals surface area contributed by atoms with E-state index >= 15 is 0 Å². The minimum Gasteiger partial charge on any atom is -0.351 e. The van der Waals surface area contributed by atoms with Gasteiger partial charge >= 0.3 is 0 Å². The maximum absolute atomic E-state index is 4.79. The van der Waals surface area contributed by atoms with Gasteiger partial charge in [-0.15, -0.1) is 0 Å². The topological polar surface area (TPSA) is 41.1 Å². The van der Waals surface area contributed by atoms with E-state index in [0.29, 0.717) is 12.0 Å². The molecule has 1 saturated carbocycles. The molecule has 0 radical (unpaired) electrons. The Morgan fingerprint density at radius 1 is 0.960 bits per heavy atom. The second-order valence-corrected chi connectivity index (χ2v) is 6.30. The van der Waals surface area contributed by atoms with E-state index in [0.717, 1.165) is 29.3 Å². The molecule has 0 saturated heterocycles. The summed E-state index contributed by atoms with van der Waals surface area (Å²) < 4.78 is 0. The lowest BCUT2D eigenvalue weighted by Crippen LogP contribution is -2.19. The summed E-state index contributed by atoms with van der Waals surface area (Å²) in [6.45, 7) is 2.99. The van der Waals surface area contributed by atoms with Crippen molar-refractivity contribution in [3.63, 3.8) is 0 Å². The lowest BCUT2D eigenvalue weighted by Gasteiger charge is -2.23. The third kappa shape index (κ3) is 3.63. The Morgan fingerprint density at radius 3 is 2.28 bits per heavy atom. The van der Waals surface area contributed by atoms with Gasteiger partial charge in [0.15, 0.2) is 0 Å². The molecule has 0 bridgehead atoms. The van der Waals surface area contributed by atoms with Crippen LogP contribution in [-0.2, 0) is 0 Å². The molecule has 3 aromatic rings. The Bertz CT molecular complexity index is 829. The molecule has 126 valence electrons. The summed E-state index contributed by atoms with van der Waals surface area (Å²) >= 11 is 0. The number of hydrogen-bond donors (Lipinski definition) is 1. The second kappa shape index (κ2) is 6.93. The highest BCUT2D eigenvalue weighted by Crippen LogP contribution is 2.30. The molecule has 0 aliphatic heterocycles. The van der Waals surface area contributed by atoms with Crippen molar-refractivity contribution in [2.75, 3.05) is 16.8 Å². The van der Waals surface area contributed by atoms with Gasteiger partial charge in [-0.3, -0.25) is 0 Å². The highest BCUT2D eigenvalue weighted by atomic mass is 15.2. The first kappa shape index (κ1) is 15.6. The van der Waals surface area contributed by atoms with Gasteiger partial charge in [0, 0.05) is 29.9 Å². The summed E-state index contributed by atoms with van der Waals surface area (Å²) in [5.41, 5.74) is 3.19. The highest BCUT2D eigenvalue weighted by molar-refractivity contribution is 5.69. The fourth-order valence-corrected chi connectivity index (χ4v) is 2.89. The largest absolute Gasteiger partial charge is 0.351 e. The molecule has 4 rings (SSSR count). The third-order valence-corrected chi connectivity index (χ3v) is 4.35. The summed E-state index contributed by atoms with van der Waals surface area (Å²) in [4.78, 5) is 11.8. The number of rotatable bonds is 6. The highest BCUT2D eigenvalue weighted by Gasteiger charge is 2.23. The van der Waals surface area contributed by atoms with Gasteiger partial charge in [-0.1, -0.05) is 48.5 Å². The molecule has 0 unspecified atom stereocenters. The first-order valence-corrected chi connectivity index (χ1v) is 8.87. The van der Waals surface area contributed by atoms with Crippen molar-refractivity contribution in [3.8, 4) is 11.3 Å². The number of nitrogens with zero attached hydrogens (tertiary/aromatic N) is 3. The van der Waals surface area contributed by atoms with Crippen molar-refractivity contribution in [1.82, 2.24) is 9.97 Å². The Hall–Kier alpha value is -2.88. The van der Waals surface area contributed by atoms with Crippen LogP contribution in [0.3, 0.4) is 0 Å². The number of anilines is 3. The second-order valence-electron chi connectivity index (χ2n) is 6.30. The summed E-state index contributed by atoms with van der Waals surface area (Å²) in [5.74, 6) is 1.64. The summed E-state index contributed by atoms with van der Waals surface area (Å²) in [5, 5.41) is 3.45. The minimum atomic E-state index is 0.519. The molecular weight excluding hydrogens is 308 g/mol. The van der Waals surface area contributed by atoms with Crippen molar-refractivity contribution in [3.05, 3.63) is 66.7 Å². The van der Waals surface area contributed by atoms with Crippen LogP contribution in [0.4, 0.5) is 17.5 Å². The Kier molecular flexibility index (Phi) is 4.34. The number of aromatic nitrogens is 2. The first-order chi connectivity index (χ1) is 12.3. The van der Waals surface area contributed by atoms with Crippen molar-refractivity contribution < 1.29 is 0 Å². The van der Waals surface area contributed by atoms with Crippen LogP contribution in [0.5, 0.6) is 0 Å². The smallest absolute Gasteiger partial charge is 0.225 e. The molecule has 1 N–H and O–H groups in total. The van der Waals surface area contributed by atoms with E-state index in [9.17, 15) is 0 Å². The zero-order valence-electron chi connectivity index (χ0n) is 14.4. The van der Waals surface area contributed by atoms with Crippen LogP contribution in [0.1, 0.15) is 19.8 Å². The summed E-state index contributed by atoms with van der Waals surface area (Å²) in [6, 6.07) is 23.3. The fraction of sp³-hybridized carbons (Fsp3) is 0.238. The van der Waals surface area contributed by atoms with E-state index in [-0.39, 0.29) is 0 Å². The van der Waals surface area contributed by atoms with Crippen LogP contribution in [-0.4, -0.2) is 22.6 Å². The molecule has 1 aliphatic carbocycles. The molecule has 1 heterocycles.